The third-order valence-corrected chi connectivity index (χ3v) is 3.63. The molecule has 0 amide bonds. The minimum Gasteiger partial charge on any atom is -0.497 e. The second-order valence-corrected chi connectivity index (χ2v) is 5.35. The lowest BCUT2D eigenvalue weighted by atomic mass is 10.0. The molecule has 0 bridgehead atoms. The van der Waals surface area contributed by atoms with Gasteiger partial charge >= 0.3 is 0 Å². The van der Waals surface area contributed by atoms with Gasteiger partial charge in [-0.1, -0.05) is 15.9 Å². The molecule has 3 nitrogen and oxygen atoms in total. The highest BCUT2D eigenvalue weighted by Crippen LogP contribution is 2.27. The van der Waals surface area contributed by atoms with Crippen LogP contribution in [-0.2, 0) is 4.74 Å². The van der Waals surface area contributed by atoms with Crippen LogP contribution in [0.1, 0.15) is 13.3 Å². The van der Waals surface area contributed by atoms with Gasteiger partial charge in [-0.25, -0.2) is 0 Å². The number of methoxy groups -OCH3 is 1. The smallest absolute Gasteiger partial charge is 0.122 e. The largest absolute Gasteiger partial charge is 0.497 e. The Bertz CT molecular complexity index is 378. The molecule has 1 fully saturated rings. The van der Waals surface area contributed by atoms with Crippen molar-refractivity contribution in [2.45, 2.75) is 19.4 Å². The maximum absolute atomic E-state index is 5.41. The topological polar surface area (TPSA) is 30.5 Å². The minimum absolute atomic E-state index is 0.413. The third-order valence-electron chi connectivity index (χ3n) is 3.17. The van der Waals surface area contributed by atoms with Crippen molar-refractivity contribution in [3.8, 4) is 5.75 Å². The number of nitrogens with one attached hydrogen (secondary N) is 1. The van der Waals surface area contributed by atoms with Crippen molar-refractivity contribution in [3.05, 3.63) is 22.7 Å². The van der Waals surface area contributed by atoms with Crippen molar-refractivity contribution >= 4 is 21.6 Å². The Balaban J connectivity index is 2.04. The molecule has 1 N–H and O–H groups in total. The summed E-state index contributed by atoms with van der Waals surface area (Å²) in [5.74, 6) is 1.46. The van der Waals surface area contributed by atoms with Crippen LogP contribution in [0.3, 0.4) is 0 Å². The van der Waals surface area contributed by atoms with Crippen LogP contribution in [0.2, 0.25) is 0 Å². The lowest BCUT2D eigenvalue weighted by Gasteiger charge is -2.21. The van der Waals surface area contributed by atoms with E-state index >= 15 is 0 Å². The monoisotopic (exact) mass is 299 g/mol. The summed E-state index contributed by atoms with van der Waals surface area (Å²) < 4.78 is 11.7. The molecule has 1 saturated heterocycles. The molecule has 2 rings (SSSR count). The Kier molecular flexibility index (Phi) is 4.29. The van der Waals surface area contributed by atoms with E-state index in [1.165, 1.54) is 0 Å². The lowest BCUT2D eigenvalue weighted by molar-refractivity contribution is 0.183. The number of rotatable bonds is 4. The van der Waals surface area contributed by atoms with E-state index < -0.39 is 0 Å². The quantitative estimate of drug-likeness (QED) is 0.925. The number of anilines is 1. The molecular weight excluding hydrogens is 282 g/mol. The second-order valence-electron chi connectivity index (χ2n) is 4.44. The molecule has 1 heterocycles. The van der Waals surface area contributed by atoms with E-state index in [2.05, 4.69) is 34.2 Å². The van der Waals surface area contributed by atoms with E-state index in [0.29, 0.717) is 12.0 Å². The molecule has 94 valence electrons. The first kappa shape index (κ1) is 12.7. The van der Waals surface area contributed by atoms with E-state index in [-0.39, 0.29) is 0 Å². The molecule has 4 heteroatoms. The zero-order valence-electron chi connectivity index (χ0n) is 10.2. The number of halogens is 1. The molecule has 0 spiro atoms. The SMILES string of the molecule is COc1cc(Br)cc(NC(C)C2CCOC2)c1. The highest BCUT2D eigenvalue weighted by atomic mass is 79.9. The zero-order valence-corrected chi connectivity index (χ0v) is 11.8. The summed E-state index contributed by atoms with van der Waals surface area (Å²) in [5, 5.41) is 3.51. The predicted octanol–water partition coefficient (Wildman–Crippen LogP) is 3.29. The first-order valence-electron chi connectivity index (χ1n) is 5.88. The van der Waals surface area contributed by atoms with E-state index in [4.69, 9.17) is 9.47 Å². The Labute approximate surface area is 111 Å². The van der Waals surface area contributed by atoms with Gasteiger partial charge in [0, 0.05) is 34.8 Å². The summed E-state index contributed by atoms with van der Waals surface area (Å²) >= 11 is 3.48. The van der Waals surface area contributed by atoms with Crippen molar-refractivity contribution < 1.29 is 9.47 Å². The fourth-order valence-corrected chi connectivity index (χ4v) is 2.56. The van der Waals surface area contributed by atoms with Crippen LogP contribution in [0.25, 0.3) is 0 Å². The average Bonchev–Trinajstić information content (AvgIpc) is 2.81. The third kappa shape index (κ3) is 3.36. The molecule has 0 aromatic heterocycles. The normalized spacial score (nSPS) is 21.2. The van der Waals surface area contributed by atoms with Crippen molar-refractivity contribution in [1.29, 1.82) is 0 Å². The molecule has 0 aliphatic carbocycles. The van der Waals surface area contributed by atoms with Crippen molar-refractivity contribution in [2.75, 3.05) is 25.6 Å². The molecule has 0 radical (unpaired) electrons. The number of hydrogen-bond acceptors (Lipinski definition) is 3. The summed E-state index contributed by atoms with van der Waals surface area (Å²) in [4.78, 5) is 0. The Morgan fingerprint density at radius 2 is 2.29 bits per heavy atom. The molecule has 1 aliphatic rings. The Morgan fingerprint density at radius 1 is 1.47 bits per heavy atom. The highest BCUT2D eigenvalue weighted by molar-refractivity contribution is 9.10. The van der Waals surface area contributed by atoms with Crippen LogP contribution in [0.5, 0.6) is 5.75 Å². The van der Waals surface area contributed by atoms with Gasteiger partial charge in [-0.15, -0.1) is 0 Å². The fraction of sp³-hybridized carbons (Fsp3) is 0.538. The van der Waals surface area contributed by atoms with Crippen LogP contribution in [0, 0.1) is 5.92 Å². The van der Waals surface area contributed by atoms with Gasteiger partial charge in [0.1, 0.15) is 5.75 Å². The molecule has 17 heavy (non-hydrogen) atoms. The van der Waals surface area contributed by atoms with Crippen LogP contribution < -0.4 is 10.1 Å². The summed E-state index contributed by atoms with van der Waals surface area (Å²) in [7, 11) is 1.68. The molecule has 1 aromatic rings. The second kappa shape index (κ2) is 5.74. The number of hydrogen-bond donors (Lipinski definition) is 1. The summed E-state index contributed by atoms with van der Waals surface area (Å²) in [5.41, 5.74) is 1.08. The fourth-order valence-electron chi connectivity index (χ4n) is 2.09. The first-order valence-corrected chi connectivity index (χ1v) is 6.67. The van der Waals surface area contributed by atoms with Crippen molar-refractivity contribution in [3.63, 3.8) is 0 Å². The van der Waals surface area contributed by atoms with Crippen LogP contribution in [-0.4, -0.2) is 26.4 Å². The Hall–Kier alpha value is -0.740. The van der Waals surface area contributed by atoms with E-state index in [1.807, 2.05) is 12.1 Å². The molecule has 1 aliphatic heterocycles. The van der Waals surface area contributed by atoms with Gasteiger partial charge in [-0.3, -0.25) is 0 Å². The first-order chi connectivity index (χ1) is 8.19. The predicted molar refractivity (Wildman–Crippen MR) is 72.7 cm³/mol. The maximum atomic E-state index is 5.41. The van der Waals surface area contributed by atoms with Gasteiger partial charge in [-0.2, -0.15) is 0 Å². The van der Waals surface area contributed by atoms with Crippen molar-refractivity contribution in [1.82, 2.24) is 0 Å². The number of benzene rings is 1. The lowest BCUT2D eigenvalue weighted by Crippen LogP contribution is -2.26. The zero-order chi connectivity index (χ0) is 12.3. The summed E-state index contributed by atoms with van der Waals surface area (Å²) in [6.45, 7) is 3.95. The molecule has 1 aromatic carbocycles. The van der Waals surface area contributed by atoms with Gasteiger partial charge < -0.3 is 14.8 Å². The standard InChI is InChI=1S/C13H18BrNO2/c1-9(10-3-4-17-8-10)15-12-5-11(14)6-13(7-12)16-2/h5-7,9-10,15H,3-4,8H2,1-2H3. The average molecular weight is 300 g/mol. The van der Waals surface area contributed by atoms with E-state index in [1.54, 1.807) is 7.11 Å². The van der Waals surface area contributed by atoms with Crippen molar-refractivity contribution in [2.24, 2.45) is 5.92 Å². The molecular formula is C13H18BrNO2. The van der Waals surface area contributed by atoms with Crippen LogP contribution in [0.15, 0.2) is 22.7 Å². The minimum atomic E-state index is 0.413. The molecule has 2 unspecified atom stereocenters. The molecule has 0 saturated carbocycles. The highest BCUT2D eigenvalue weighted by Gasteiger charge is 2.22. The Morgan fingerprint density at radius 3 is 2.94 bits per heavy atom. The van der Waals surface area contributed by atoms with Gasteiger partial charge in [0.25, 0.3) is 0 Å². The number of ether oxygens (including phenoxy) is 2. The van der Waals surface area contributed by atoms with Crippen LogP contribution >= 0.6 is 15.9 Å². The van der Waals surface area contributed by atoms with Gasteiger partial charge in [0.15, 0.2) is 0 Å². The summed E-state index contributed by atoms with van der Waals surface area (Å²) in [6.07, 6.45) is 1.14. The van der Waals surface area contributed by atoms with Gasteiger partial charge in [0.05, 0.1) is 13.7 Å². The van der Waals surface area contributed by atoms with Gasteiger partial charge in [0.2, 0.25) is 0 Å². The van der Waals surface area contributed by atoms with Crippen LogP contribution in [0.4, 0.5) is 5.69 Å². The molecule has 2 atom stereocenters. The van der Waals surface area contributed by atoms with E-state index in [0.717, 1.165) is 35.5 Å². The summed E-state index contributed by atoms with van der Waals surface area (Å²) in [6, 6.07) is 6.44. The van der Waals surface area contributed by atoms with E-state index in [9.17, 15) is 0 Å². The van der Waals surface area contributed by atoms with Gasteiger partial charge in [-0.05, 0) is 25.5 Å². The maximum Gasteiger partial charge on any atom is 0.122 e.